The SMILES string of the molecule is CO/N=C/c1c(N)ncnc1Nc1ccc(NC(=O)c2ccccc2)cc1.C[C@H](Nc1ncnc(N)c1/C=N/OCCN1CCOCC1)c1ccccc1.Nc1ncnc(Nc2ccc(NC(=O)c3ccccc3)cc2)c1/C=N/O. The molecule has 12 N–H and O–H groups in total. The maximum absolute atomic E-state index is 12.2. The third-order valence-electron chi connectivity index (χ3n) is 11.6. The van der Waals surface area contributed by atoms with Crippen LogP contribution in [0, 0.1) is 0 Å². The molecule has 0 spiro atoms. The number of nitrogens with two attached hydrogens (primary N) is 3. The first-order valence-corrected chi connectivity index (χ1v) is 24.9. The van der Waals surface area contributed by atoms with E-state index in [2.05, 4.69) is 101 Å². The molecule has 1 saturated heterocycles. The number of oxime groups is 3. The van der Waals surface area contributed by atoms with Gasteiger partial charge < -0.3 is 63.4 Å². The number of benzene rings is 5. The second-order valence-electron chi connectivity index (χ2n) is 17.1. The minimum absolute atomic E-state index is 0.0647. The van der Waals surface area contributed by atoms with Crippen LogP contribution < -0.4 is 43.8 Å². The van der Waals surface area contributed by atoms with Gasteiger partial charge in [0.2, 0.25) is 0 Å². The predicted octanol–water partition coefficient (Wildman–Crippen LogP) is 7.81. The highest BCUT2D eigenvalue weighted by molar-refractivity contribution is 6.05. The van der Waals surface area contributed by atoms with Gasteiger partial charge in [-0.05, 0) is 85.3 Å². The van der Waals surface area contributed by atoms with Crippen molar-refractivity contribution in [1.82, 2.24) is 34.8 Å². The van der Waals surface area contributed by atoms with Gasteiger partial charge in [0.15, 0.2) is 0 Å². The van der Waals surface area contributed by atoms with Gasteiger partial charge in [0, 0.05) is 59.6 Å². The van der Waals surface area contributed by atoms with Gasteiger partial charge in [-0.3, -0.25) is 14.5 Å². The molecule has 24 nitrogen and oxygen atoms in total. The maximum Gasteiger partial charge on any atom is 0.255 e. The zero-order valence-electron chi connectivity index (χ0n) is 43.8. The lowest BCUT2D eigenvalue weighted by Gasteiger charge is -2.25. The van der Waals surface area contributed by atoms with Crippen LogP contribution >= 0.6 is 0 Å². The zero-order valence-corrected chi connectivity index (χ0v) is 43.8. The van der Waals surface area contributed by atoms with Crippen molar-refractivity contribution < 1.29 is 29.2 Å². The molecule has 24 heteroatoms. The van der Waals surface area contributed by atoms with Crippen LogP contribution in [0.1, 0.15) is 55.9 Å². The standard InChI is InChI=1S/C19H26N6O2.C19H18N6O2.C18H16N6O2/c1-15(16-5-3-2-4-6-16)24-19-17(18(20)21-14-22-19)13-23-27-12-9-25-7-10-26-11-8-25;1-27-23-11-16-17(20)21-12-22-18(16)24-14-7-9-15(10-8-14)25-19(26)13-5-3-2-4-6-13;19-16-15(10-22-26)17(21-11-20-16)23-13-6-8-14(9-7-13)24-18(25)12-4-2-1-3-5-12/h2-6,13-15H,7-12H2,1H3,(H3,20,21,22,24);2-12H,1H3,(H,25,26)(H3,20,21,22,24);1-11,26H,(H,24,25)(H3,19,20,21,23)/b23-13+;23-11+;22-10+/t15-;;/m0../s1. The van der Waals surface area contributed by atoms with Gasteiger partial charge in [-0.1, -0.05) is 82.2 Å². The molecule has 0 bridgehead atoms. The number of morpholine rings is 1. The molecule has 0 aliphatic carbocycles. The predicted molar refractivity (Wildman–Crippen MR) is 311 cm³/mol. The number of hydrogen-bond donors (Lipinski definition) is 9. The van der Waals surface area contributed by atoms with E-state index in [4.69, 9.17) is 32.0 Å². The molecule has 3 aromatic heterocycles. The Labute approximate surface area is 461 Å². The number of nitrogens with zero attached hydrogens (tertiary/aromatic N) is 10. The topological polar surface area (TPSA) is 338 Å². The summed E-state index contributed by atoms with van der Waals surface area (Å²) in [5, 5.41) is 34.7. The number of nitrogens with one attached hydrogen (secondary N) is 5. The molecular formula is C56H60N18O6. The van der Waals surface area contributed by atoms with Crippen LogP contribution in [0.2, 0.25) is 0 Å². The molecule has 0 saturated carbocycles. The highest BCUT2D eigenvalue weighted by atomic mass is 16.6. The number of rotatable bonds is 19. The fourth-order valence-corrected chi connectivity index (χ4v) is 7.39. The lowest BCUT2D eigenvalue weighted by atomic mass is 10.1. The van der Waals surface area contributed by atoms with Crippen molar-refractivity contribution in [3.63, 3.8) is 0 Å². The molecule has 1 aliphatic heterocycles. The Morgan fingerprint density at radius 3 is 1.50 bits per heavy atom. The molecule has 0 radical (unpaired) electrons. The number of anilines is 10. The van der Waals surface area contributed by atoms with Crippen molar-refractivity contribution in [2.24, 2.45) is 15.5 Å². The van der Waals surface area contributed by atoms with Crippen LogP contribution in [-0.4, -0.2) is 117 Å². The first-order valence-electron chi connectivity index (χ1n) is 24.9. The van der Waals surface area contributed by atoms with Crippen LogP contribution in [0.3, 0.4) is 0 Å². The van der Waals surface area contributed by atoms with Gasteiger partial charge >= 0.3 is 0 Å². The van der Waals surface area contributed by atoms with E-state index in [1.165, 1.54) is 32.3 Å². The second-order valence-corrected chi connectivity index (χ2v) is 17.1. The van der Waals surface area contributed by atoms with Gasteiger partial charge in [0.25, 0.3) is 11.8 Å². The number of aromatic nitrogens is 6. The molecule has 2 amide bonds. The van der Waals surface area contributed by atoms with Crippen molar-refractivity contribution in [1.29, 1.82) is 0 Å². The Morgan fingerprint density at radius 1 is 0.600 bits per heavy atom. The van der Waals surface area contributed by atoms with E-state index in [0.29, 0.717) is 74.8 Å². The minimum Gasteiger partial charge on any atom is -0.411 e. The molecule has 8 aromatic rings. The Hall–Kier alpha value is -10.6. The lowest BCUT2D eigenvalue weighted by molar-refractivity contribution is 0.0214. The van der Waals surface area contributed by atoms with Crippen LogP contribution in [0.15, 0.2) is 174 Å². The number of hydrogen-bond acceptors (Lipinski definition) is 22. The average Bonchev–Trinajstić information content (AvgIpc) is 3.49. The van der Waals surface area contributed by atoms with Crippen LogP contribution in [-0.2, 0) is 14.4 Å². The molecule has 4 heterocycles. The number of nitrogen functional groups attached to an aromatic ring is 3. The first kappa shape index (κ1) is 57.1. The molecule has 9 rings (SSSR count). The van der Waals surface area contributed by atoms with Crippen LogP contribution in [0.4, 0.5) is 57.7 Å². The summed E-state index contributed by atoms with van der Waals surface area (Å²) in [7, 11) is 1.44. The molecule has 410 valence electrons. The monoisotopic (exact) mass is 1080 g/mol. The van der Waals surface area contributed by atoms with E-state index in [1.54, 1.807) is 66.9 Å². The second kappa shape index (κ2) is 30.2. The van der Waals surface area contributed by atoms with Gasteiger partial charge in [-0.2, -0.15) is 0 Å². The molecule has 1 fully saturated rings. The summed E-state index contributed by atoms with van der Waals surface area (Å²) >= 11 is 0. The minimum atomic E-state index is -0.184. The fraction of sp³-hybridized carbons (Fsp3) is 0.161. The molecular weight excluding hydrogens is 1020 g/mol. The van der Waals surface area contributed by atoms with E-state index in [0.717, 1.165) is 50.3 Å². The van der Waals surface area contributed by atoms with Crippen molar-refractivity contribution >= 4 is 88.1 Å². The van der Waals surface area contributed by atoms with E-state index in [9.17, 15) is 9.59 Å². The number of ether oxygens (including phenoxy) is 1. The molecule has 1 atom stereocenters. The van der Waals surface area contributed by atoms with Gasteiger partial charge in [-0.25, -0.2) is 29.9 Å². The number of carbonyl (C=O) groups excluding carboxylic acids is 2. The Bertz CT molecular complexity index is 3300. The molecule has 5 aromatic carbocycles. The van der Waals surface area contributed by atoms with Gasteiger partial charge in [0.05, 0.1) is 48.5 Å². The third kappa shape index (κ3) is 17.5. The smallest absolute Gasteiger partial charge is 0.255 e. The van der Waals surface area contributed by atoms with E-state index < -0.39 is 0 Å². The van der Waals surface area contributed by atoms with Crippen LogP contribution in [0.25, 0.3) is 0 Å². The normalized spacial score (nSPS) is 12.5. The summed E-state index contributed by atoms with van der Waals surface area (Å²) in [6.45, 7) is 6.79. The summed E-state index contributed by atoms with van der Waals surface area (Å²) in [5.41, 5.74) is 24.3. The summed E-state index contributed by atoms with van der Waals surface area (Å²) in [6, 6.07) is 42.4. The van der Waals surface area contributed by atoms with E-state index >= 15 is 0 Å². The summed E-state index contributed by atoms with van der Waals surface area (Å²) in [6.07, 6.45) is 8.26. The first-order chi connectivity index (χ1) is 39.1. The molecule has 0 unspecified atom stereocenters. The van der Waals surface area contributed by atoms with Crippen molar-refractivity contribution in [3.8, 4) is 0 Å². The lowest BCUT2D eigenvalue weighted by Crippen LogP contribution is -2.38. The van der Waals surface area contributed by atoms with Gasteiger partial charge in [-0.15, -0.1) is 0 Å². The summed E-state index contributed by atoms with van der Waals surface area (Å²) < 4.78 is 5.33. The highest BCUT2D eigenvalue weighted by Crippen LogP contribution is 2.25. The van der Waals surface area contributed by atoms with E-state index in [-0.39, 0.29) is 29.5 Å². The fourth-order valence-electron chi connectivity index (χ4n) is 7.39. The number of carbonyl (C=O) groups is 2. The Kier molecular flexibility index (Phi) is 21.6. The van der Waals surface area contributed by atoms with Crippen molar-refractivity contribution in [2.75, 3.05) is 90.3 Å². The van der Waals surface area contributed by atoms with Gasteiger partial charge in [0.1, 0.15) is 67.6 Å². The molecule has 80 heavy (non-hydrogen) atoms. The maximum atomic E-state index is 12.2. The van der Waals surface area contributed by atoms with E-state index in [1.807, 2.05) is 66.7 Å². The van der Waals surface area contributed by atoms with Crippen molar-refractivity contribution in [3.05, 3.63) is 192 Å². The molecule has 1 aliphatic rings. The Morgan fingerprint density at radius 2 is 1.02 bits per heavy atom. The zero-order chi connectivity index (χ0) is 56.3. The Balaban J connectivity index is 0.000000173. The quantitative estimate of drug-likeness (QED) is 0.0161. The summed E-state index contributed by atoms with van der Waals surface area (Å²) in [4.78, 5) is 61.1. The largest absolute Gasteiger partial charge is 0.411 e. The van der Waals surface area contributed by atoms with Crippen molar-refractivity contribution in [2.45, 2.75) is 13.0 Å². The average molecular weight is 1080 g/mol. The highest BCUT2D eigenvalue weighted by Gasteiger charge is 2.15. The summed E-state index contributed by atoms with van der Waals surface area (Å²) in [5.74, 6) is 1.98. The third-order valence-corrected chi connectivity index (χ3v) is 11.6. The van der Waals surface area contributed by atoms with Crippen LogP contribution in [0.5, 0.6) is 0 Å². The number of amides is 2.